The summed E-state index contributed by atoms with van der Waals surface area (Å²) in [6.45, 7) is 13.2. The molecule has 2 aromatic rings. The van der Waals surface area contributed by atoms with E-state index in [9.17, 15) is 5.11 Å². The Labute approximate surface area is 147 Å². The van der Waals surface area contributed by atoms with Crippen LogP contribution < -0.4 is 0 Å². The minimum absolute atomic E-state index is 0.348. The number of aryl methyl sites for hydroxylation is 1. The minimum atomic E-state index is -0.348. The Morgan fingerprint density at radius 1 is 0.958 bits per heavy atom. The molecule has 2 nitrogen and oxygen atoms in total. The third kappa shape index (κ3) is 3.21. The second-order valence-electron chi connectivity index (χ2n) is 7.20. The molecule has 2 rings (SSSR count). The lowest BCUT2D eigenvalue weighted by molar-refractivity contribution is 0.0459. The third-order valence-electron chi connectivity index (χ3n) is 4.91. The van der Waals surface area contributed by atoms with Crippen LogP contribution in [-0.2, 0) is 5.54 Å². The Hall–Kier alpha value is -1.80. The molecule has 24 heavy (non-hydrogen) atoms. The molecule has 2 heteroatoms. The van der Waals surface area contributed by atoms with E-state index in [1.165, 1.54) is 11.1 Å². The molecule has 0 aliphatic carbocycles. The molecule has 0 heterocycles. The van der Waals surface area contributed by atoms with Crippen LogP contribution in [0, 0.1) is 6.92 Å². The van der Waals surface area contributed by atoms with Gasteiger partial charge in [-0.3, -0.25) is 4.90 Å². The number of nitrogens with zero attached hydrogens (tertiary/aromatic N) is 1. The molecular weight excluding hydrogens is 294 g/mol. The van der Waals surface area contributed by atoms with Crippen molar-refractivity contribution in [2.45, 2.75) is 65.6 Å². The van der Waals surface area contributed by atoms with Crippen molar-refractivity contribution in [2.24, 2.45) is 0 Å². The van der Waals surface area contributed by atoms with Crippen molar-refractivity contribution < 1.29 is 5.11 Å². The zero-order valence-electron chi connectivity index (χ0n) is 15.9. The van der Waals surface area contributed by atoms with Gasteiger partial charge in [-0.15, -0.1) is 0 Å². The van der Waals surface area contributed by atoms with E-state index in [4.69, 9.17) is 0 Å². The molecule has 0 radical (unpaired) electrons. The summed E-state index contributed by atoms with van der Waals surface area (Å²) in [5.41, 5.74) is 3.05. The monoisotopic (exact) mass is 325 g/mol. The van der Waals surface area contributed by atoms with Crippen molar-refractivity contribution >= 4 is 0 Å². The number of phenols is 1. The summed E-state index contributed by atoms with van der Waals surface area (Å²) in [6.07, 6.45) is 0.893. The quantitative estimate of drug-likeness (QED) is 0.761. The Morgan fingerprint density at radius 2 is 1.54 bits per heavy atom. The number of hydrogen-bond donors (Lipinski definition) is 1. The summed E-state index contributed by atoms with van der Waals surface area (Å²) in [5.74, 6) is 0.373. The lowest BCUT2D eigenvalue weighted by Crippen LogP contribution is -2.53. The van der Waals surface area contributed by atoms with Gasteiger partial charge >= 0.3 is 0 Å². The average Bonchev–Trinajstić information content (AvgIpc) is 2.55. The maximum Gasteiger partial charge on any atom is 0.121 e. The van der Waals surface area contributed by atoms with E-state index >= 15 is 0 Å². The maximum atomic E-state index is 10.7. The first-order valence-electron chi connectivity index (χ1n) is 8.98. The topological polar surface area (TPSA) is 23.5 Å². The zero-order valence-corrected chi connectivity index (χ0v) is 15.9. The van der Waals surface area contributed by atoms with E-state index in [1.54, 1.807) is 0 Å². The van der Waals surface area contributed by atoms with Crippen LogP contribution in [0.25, 0.3) is 0 Å². The molecule has 0 saturated heterocycles. The second kappa shape index (κ2) is 7.40. The normalized spacial score (nSPS) is 14.4. The van der Waals surface area contributed by atoms with Gasteiger partial charge in [0.25, 0.3) is 0 Å². The first-order valence-corrected chi connectivity index (χ1v) is 8.98. The second-order valence-corrected chi connectivity index (χ2v) is 7.20. The molecule has 0 spiro atoms. The van der Waals surface area contributed by atoms with Crippen LogP contribution in [0.1, 0.15) is 57.7 Å². The fourth-order valence-corrected chi connectivity index (χ4v) is 4.19. The van der Waals surface area contributed by atoms with Crippen molar-refractivity contribution in [1.82, 2.24) is 4.90 Å². The van der Waals surface area contributed by atoms with Crippen LogP contribution in [-0.4, -0.2) is 22.1 Å². The molecule has 130 valence electrons. The Balaban J connectivity index is 2.84. The van der Waals surface area contributed by atoms with Gasteiger partial charge in [0.05, 0.1) is 5.54 Å². The van der Waals surface area contributed by atoms with Gasteiger partial charge in [-0.2, -0.15) is 0 Å². The highest BCUT2D eigenvalue weighted by molar-refractivity contribution is 5.48. The van der Waals surface area contributed by atoms with Gasteiger partial charge in [0.2, 0.25) is 0 Å². The van der Waals surface area contributed by atoms with E-state index in [-0.39, 0.29) is 5.54 Å². The zero-order chi connectivity index (χ0) is 17.9. The standard InChI is InChI=1S/C22H31NO/c1-7-22(19-11-9-8-10-12-19,23(16(2)3)17(4)5)20-15-18(6)13-14-21(20)24/h8-17,24H,7H2,1-6H3. The summed E-state index contributed by atoms with van der Waals surface area (Å²) in [7, 11) is 0. The molecule has 0 aliphatic heterocycles. The van der Waals surface area contributed by atoms with Gasteiger partial charge in [-0.1, -0.05) is 55.0 Å². The fourth-order valence-electron chi connectivity index (χ4n) is 4.19. The van der Waals surface area contributed by atoms with E-state index in [0.29, 0.717) is 17.8 Å². The van der Waals surface area contributed by atoms with Gasteiger partial charge < -0.3 is 5.11 Å². The Morgan fingerprint density at radius 3 is 2.04 bits per heavy atom. The number of phenolic OH excluding ortho intramolecular Hbond substituents is 1. The third-order valence-corrected chi connectivity index (χ3v) is 4.91. The van der Waals surface area contributed by atoms with E-state index in [1.807, 2.05) is 12.1 Å². The van der Waals surface area contributed by atoms with Crippen LogP contribution in [0.15, 0.2) is 48.5 Å². The number of rotatable bonds is 6. The molecule has 1 atom stereocenters. The van der Waals surface area contributed by atoms with E-state index in [2.05, 4.69) is 82.8 Å². The maximum absolute atomic E-state index is 10.7. The van der Waals surface area contributed by atoms with Gasteiger partial charge in [0.15, 0.2) is 0 Å². The van der Waals surface area contributed by atoms with Crippen LogP contribution in [0.3, 0.4) is 0 Å². The van der Waals surface area contributed by atoms with Crippen LogP contribution >= 0.6 is 0 Å². The van der Waals surface area contributed by atoms with Crippen LogP contribution in [0.5, 0.6) is 5.75 Å². The summed E-state index contributed by atoms with van der Waals surface area (Å²) >= 11 is 0. The number of hydrogen-bond acceptors (Lipinski definition) is 2. The lowest BCUT2D eigenvalue weighted by atomic mass is 9.76. The predicted octanol–water partition coefficient (Wildman–Crippen LogP) is 5.47. The molecule has 0 saturated carbocycles. The molecule has 1 unspecified atom stereocenters. The average molecular weight is 325 g/mol. The first-order chi connectivity index (χ1) is 11.3. The molecule has 0 fully saturated rings. The molecular formula is C22H31NO. The molecule has 0 aromatic heterocycles. The minimum Gasteiger partial charge on any atom is -0.508 e. The molecule has 0 aliphatic rings. The van der Waals surface area contributed by atoms with Crippen LogP contribution in [0.2, 0.25) is 0 Å². The van der Waals surface area contributed by atoms with E-state index in [0.717, 1.165) is 12.0 Å². The number of benzene rings is 2. The smallest absolute Gasteiger partial charge is 0.121 e. The van der Waals surface area contributed by atoms with Gasteiger partial charge in [-0.05, 0) is 52.7 Å². The van der Waals surface area contributed by atoms with Gasteiger partial charge in [0, 0.05) is 17.6 Å². The largest absolute Gasteiger partial charge is 0.508 e. The first kappa shape index (κ1) is 18.5. The highest BCUT2D eigenvalue weighted by Gasteiger charge is 2.43. The molecule has 1 N–H and O–H groups in total. The summed E-state index contributed by atoms with van der Waals surface area (Å²) in [4.78, 5) is 2.52. The molecule has 0 amide bonds. The Kier molecular flexibility index (Phi) is 5.71. The fraction of sp³-hybridized carbons (Fsp3) is 0.455. The van der Waals surface area contributed by atoms with Crippen LogP contribution in [0.4, 0.5) is 0 Å². The van der Waals surface area contributed by atoms with Crippen molar-refractivity contribution in [1.29, 1.82) is 0 Å². The van der Waals surface area contributed by atoms with Gasteiger partial charge in [0.1, 0.15) is 5.75 Å². The van der Waals surface area contributed by atoms with Crippen molar-refractivity contribution in [2.75, 3.05) is 0 Å². The predicted molar refractivity (Wildman–Crippen MR) is 102 cm³/mol. The highest BCUT2D eigenvalue weighted by atomic mass is 16.3. The summed E-state index contributed by atoms with van der Waals surface area (Å²) < 4.78 is 0. The van der Waals surface area contributed by atoms with Crippen molar-refractivity contribution in [3.63, 3.8) is 0 Å². The molecule has 2 aromatic carbocycles. The summed E-state index contributed by atoms with van der Waals surface area (Å²) in [5, 5.41) is 10.7. The summed E-state index contributed by atoms with van der Waals surface area (Å²) in [6, 6.07) is 17.2. The highest BCUT2D eigenvalue weighted by Crippen LogP contribution is 2.45. The van der Waals surface area contributed by atoms with E-state index < -0.39 is 0 Å². The Bertz CT molecular complexity index is 655. The van der Waals surface area contributed by atoms with Gasteiger partial charge in [-0.25, -0.2) is 0 Å². The lowest BCUT2D eigenvalue weighted by Gasteiger charge is -2.49. The van der Waals surface area contributed by atoms with Crippen molar-refractivity contribution in [3.8, 4) is 5.75 Å². The molecule has 0 bridgehead atoms. The number of aromatic hydroxyl groups is 1. The van der Waals surface area contributed by atoms with Crippen molar-refractivity contribution in [3.05, 3.63) is 65.2 Å². The SMILES string of the molecule is CCC(c1ccccc1)(c1cc(C)ccc1O)N(C(C)C)C(C)C.